The highest BCUT2D eigenvalue weighted by Crippen LogP contribution is 2.47. The van der Waals surface area contributed by atoms with Crippen LogP contribution >= 0.6 is 0 Å². The second kappa shape index (κ2) is 20.6. The van der Waals surface area contributed by atoms with Crippen LogP contribution in [0.15, 0.2) is 23.3 Å². The Morgan fingerprint density at radius 1 is 0.408 bits per heavy atom. The van der Waals surface area contributed by atoms with E-state index in [4.69, 9.17) is 4.74 Å². The molecule has 6 rings (SSSR count). The zero-order chi connectivity index (χ0) is 33.7. The van der Waals surface area contributed by atoms with Crippen molar-refractivity contribution < 1.29 is 4.74 Å². The molecule has 2 unspecified atom stereocenters. The molecule has 0 amide bonds. The average Bonchev–Trinajstić information content (AvgIpc) is 3.16. The maximum Gasteiger partial charge on any atom is 0.0681 e. The standard InChI is InChI=1S/C48H82O/c1-3-5-7-9-37-11-19-41(20-12-37)45-27-31-47(32-28-45)43-23-15-39(16-24-43)35-49-36-40-17-25-44(26-18-40)48-33-29-46(30-34-48)42-21-13-38(14-22-42)10-8-6-4-2/h15,17,37-38,41-48H,3-14,16,18-36H2,1-2H3. The van der Waals surface area contributed by atoms with Gasteiger partial charge in [-0.3, -0.25) is 0 Å². The van der Waals surface area contributed by atoms with E-state index in [2.05, 4.69) is 26.0 Å². The Labute approximate surface area is 306 Å². The summed E-state index contributed by atoms with van der Waals surface area (Å²) in [4.78, 5) is 0. The van der Waals surface area contributed by atoms with E-state index >= 15 is 0 Å². The lowest BCUT2D eigenvalue weighted by atomic mass is 9.65. The first-order valence-corrected chi connectivity index (χ1v) is 23.1. The molecule has 0 heterocycles. The van der Waals surface area contributed by atoms with Gasteiger partial charge in [-0.15, -0.1) is 0 Å². The molecule has 0 aromatic carbocycles. The van der Waals surface area contributed by atoms with Crippen molar-refractivity contribution in [3.8, 4) is 0 Å². The minimum atomic E-state index is 0.895. The Hall–Kier alpha value is -0.560. The van der Waals surface area contributed by atoms with Crippen LogP contribution in [0.5, 0.6) is 0 Å². The number of rotatable bonds is 16. The van der Waals surface area contributed by atoms with Crippen molar-refractivity contribution in [2.75, 3.05) is 13.2 Å². The molecule has 0 saturated heterocycles. The van der Waals surface area contributed by atoms with E-state index in [1.165, 1.54) is 116 Å². The molecule has 0 bridgehead atoms. The Morgan fingerprint density at radius 2 is 0.735 bits per heavy atom. The summed E-state index contributed by atoms with van der Waals surface area (Å²) in [5.41, 5.74) is 3.22. The van der Waals surface area contributed by atoms with Gasteiger partial charge in [0.2, 0.25) is 0 Å². The van der Waals surface area contributed by atoms with E-state index in [1.807, 2.05) is 0 Å². The number of ether oxygens (including phenoxy) is 1. The lowest BCUT2D eigenvalue weighted by molar-refractivity contribution is 0.116. The predicted molar refractivity (Wildman–Crippen MR) is 212 cm³/mol. The highest BCUT2D eigenvalue weighted by Gasteiger charge is 2.35. The van der Waals surface area contributed by atoms with Gasteiger partial charge in [0.25, 0.3) is 0 Å². The third-order valence-electron chi connectivity index (χ3n) is 16.2. The van der Waals surface area contributed by atoms with Crippen LogP contribution in [0.4, 0.5) is 0 Å². The van der Waals surface area contributed by atoms with Crippen LogP contribution in [0.1, 0.15) is 206 Å². The first-order chi connectivity index (χ1) is 24.2. The Balaban J connectivity index is 0.804. The van der Waals surface area contributed by atoms with E-state index in [0.717, 1.165) is 72.4 Å². The zero-order valence-electron chi connectivity index (χ0n) is 33.0. The summed E-state index contributed by atoms with van der Waals surface area (Å²) >= 11 is 0. The van der Waals surface area contributed by atoms with Gasteiger partial charge in [0.1, 0.15) is 0 Å². The lowest BCUT2D eigenvalue weighted by Crippen LogP contribution is -2.29. The summed E-state index contributed by atoms with van der Waals surface area (Å²) in [6, 6.07) is 0. The van der Waals surface area contributed by atoms with E-state index in [9.17, 15) is 0 Å². The molecule has 0 N–H and O–H groups in total. The predicted octanol–water partition coefficient (Wildman–Crippen LogP) is 14.8. The maximum absolute atomic E-state index is 6.37. The van der Waals surface area contributed by atoms with Crippen LogP contribution in [0.25, 0.3) is 0 Å². The SMILES string of the molecule is CCCCCC1CCC(C2CCC(C3CC=C(COCC4=CCC(C5CCC(C6CCC(CCCCC)CC6)CC5)CC4)CC3)CC2)CC1. The largest absolute Gasteiger partial charge is 0.373 e. The van der Waals surface area contributed by atoms with Crippen LogP contribution < -0.4 is 0 Å². The molecule has 1 nitrogen and oxygen atoms in total. The fraction of sp³-hybridized carbons (Fsp3) is 0.917. The van der Waals surface area contributed by atoms with Crippen LogP contribution in [-0.4, -0.2) is 13.2 Å². The third-order valence-corrected chi connectivity index (χ3v) is 16.2. The molecule has 49 heavy (non-hydrogen) atoms. The fourth-order valence-corrected chi connectivity index (χ4v) is 12.7. The molecule has 1 heteroatoms. The number of allylic oxidation sites excluding steroid dienone is 2. The van der Waals surface area contributed by atoms with Gasteiger partial charge in [-0.1, -0.05) is 103 Å². The molecule has 0 spiro atoms. The molecule has 4 fully saturated rings. The summed E-state index contributed by atoms with van der Waals surface area (Å²) in [7, 11) is 0. The van der Waals surface area contributed by atoms with Crippen LogP contribution in [-0.2, 0) is 4.74 Å². The van der Waals surface area contributed by atoms with Crippen LogP contribution in [0, 0.1) is 59.2 Å². The van der Waals surface area contributed by atoms with Gasteiger partial charge in [-0.25, -0.2) is 0 Å². The maximum atomic E-state index is 6.37. The highest BCUT2D eigenvalue weighted by atomic mass is 16.5. The van der Waals surface area contributed by atoms with Crippen molar-refractivity contribution in [3.63, 3.8) is 0 Å². The normalized spacial score (nSPS) is 37.8. The molecule has 2 atom stereocenters. The first kappa shape index (κ1) is 38.2. The Morgan fingerprint density at radius 3 is 1.04 bits per heavy atom. The zero-order valence-corrected chi connectivity index (χ0v) is 33.0. The summed E-state index contributed by atoms with van der Waals surface area (Å²) < 4.78 is 6.37. The molecule has 0 aliphatic heterocycles. The van der Waals surface area contributed by atoms with Crippen molar-refractivity contribution in [3.05, 3.63) is 23.3 Å². The molecule has 0 aromatic heterocycles. The summed E-state index contributed by atoms with van der Waals surface area (Å²) in [5.74, 6) is 10.3. The van der Waals surface area contributed by atoms with Crippen LogP contribution in [0.2, 0.25) is 0 Å². The van der Waals surface area contributed by atoms with E-state index in [0.29, 0.717) is 0 Å². The second-order valence-corrected chi connectivity index (χ2v) is 19.2. The van der Waals surface area contributed by atoms with Crippen molar-refractivity contribution in [1.82, 2.24) is 0 Å². The van der Waals surface area contributed by atoms with E-state index in [1.54, 1.807) is 88.2 Å². The van der Waals surface area contributed by atoms with Gasteiger partial charge in [-0.2, -0.15) is 0 Å². The van der Waals surface area contributed by atoms with Crippen molar-refractivity contribution in [2.24, 2.45) is 59.2 Å². The molecule has 280 valence electrons. The number of hydrogen-bond acceptors (Lipinski definition) is 1. The minimum absolute atomic E-state index is 0.895. The monoisotopic (exact) mass is 675 g/mol. The molecule has 6 aliphatic rings. The molecular weight excluding hydrogens is 593 g/mol. The van der Waals surface area contributed by atoms with E-state index < -0.39 is 0 Å². The summed E-state index contributed by atoms with van der Waals surface area (Å²) in [6.07, 6.45) is 49.8. The fourth-order valence-electron chi connectivity index (χ4n) is 12.7. The van der Waals surface area contributed by atoms with Crippen molar-refractivity contribution in [1.29, 1.82) is 0 Å². The van der Waals surface area contributed by atoms with Gasteiger partial charge >= 0.3 is 0 Å². The third kappa shape index (κ3) is 11.7. The van der Waals surface area contributed by atoms with Gasteiger partial charge in [0.05, 0.1) is 13.2 Å². The molecular formula is C48H82O. The average molecular weight is 675 g/mol. The minimum Gasteiger partial charge on any atom is -0.373 e. The smallest absolute Gasteiger partial charge is 0.0681 e. The molecule has 4 saturated carbocycles. The lowest BCUT2D eigenvalue weighted by Gasteiger charge is -2.40. The topological polar surface area (TPSA) is 9.23 Å². The Bertz CT molecular complexity index is 881. The van der Waals surface area contributed by atoms with Gasteiger partial charge < -0.3 is 4.74 Å². The summed E-state index contributed by atoms with van der Waals surface area (Å²) in [6.45, 7) is 6.48. The van der Waals surface area contributed by atoms with Gasteiger partial charge in [-0.05, 0) is 186 Å². The van der Waals surface area contributed by atoms with E-state index in [-0.39, 0.29) is 0 Å². The quantitative estimate of drug-likeness (QED) is 0.117. The first-order valence-electron chi connectivity index (χ1n) is 23.1. The second-order valence-electron chi connectivity index (χ2n) is 19.2. The Kier molecular flexibility index (Phi) is 16.1. The summed E-state index contributed by atoms with van der Waals surface area (Å²) in [5, 5.41) is 0. The molecule has 0 aromatic rings. The number of hydrogen-bond donors (Lipinski definition) is 0. The number of unbranched alkanes of at least 4 members (excludes halogenated alkanes) is 4. The van der Waals surface area contributed by atoms with Gasteiger partial charge in [0, 0.05) is 0 Å². The van der Waals surface area contributed by atoms with Crippen molar-refractivity contribution in [2.45, 2.75) is 206 Å². The van der Waals surface area contributed by atoms with Gasteiger partial charge in [0.15, 0.2) is 0 Å². The van der Waals surface area contributed by atoms with Crippen LogP contribution in [0.3, 0.4) is 0 Å². The van der Waals surface area contributed by atoms with Crippen molar-refractivity contribution >= 4 is 0 Å². The molecule has 0 radical (unpaired) electrons. The highest BCUT2D eigenvalue weighted by molar-refractivity contribution is 5.10. The molecule has 6 aliphatic carbocycles.